The summed E-state index contributed by atoms with van der Waals surface area (Å²) in [6.07, 6.45) is 7.42. The maximum absolute atomic E-state index is 15.1. The summed E-state index contributed by atoms with van der Waals surface area (Å²) in [5.74, 6) is -5.77. The topological polar surface area (TPSA) is 127 Å². The van der Waals surface area contributed by atoms with Crippen molar-refractivity contribution in [2.24, 2.45) is 17.8 Å². The van der Waals surface area contributed by atoms with E-state index in [1.54, 1.807) is 12.4 Å². The van der Waals surface area contributed by atoms with Gasteiger partial charge < -0.3 is 20.9 Å². The second-order valence-corrected chi connectivity index (χ2v) is 11.7. The number of fused-ring (bicyclic) bond motifs is 3. The van der Waals surface area contributed by atoms with Gasteiger partial charge in [-0.05, 0) is 63.0 Å². The maximum Gasteiger partial charge on any atom is 0.255 e. The van der Waals surface area contributed by atoms with E-state index in [-0.39, 0.29) is 24.7 Å². The van der Waals surface area contributed by atoms with Gasteiger partial charge in [-0.15, -0.1) is 0 Å². The molecule has 0 spiro atoms. The van der Waals surface area contributed by atoms with Crippen LogP contribution in [0.25, 0.3) is 0 Å². The molecule has 6 atom stereocenters. The predicted molar refractivity (Wildman–Crippen MR) is 138 cm³/mol. The van der Waals surface area contributed by atoms with Crippen LogP contribution in [0.2, 0.25) is 0 Å². The Labute approximate surface area is 227 Å². The van der Waals surface area contributed by atoms with Gasteiger partial charge in [0, 0.05) is 37.3 Å². The van der Waals surface area contributed by atoms with Gasteiger partial charge in [0.25, 0.3) is 5.92 Å². The Morgan fingerprint density at radius 3 is 2.69 bits per heavy atom. The number of aryl methyl sites for hydroxylation is 1. The molecule has 2 aliphatic carbocycles. The Balaban J connectivity index is 1.38. The van der Waals surface area contributed by atoms with Gasteiger partial charge >= 0.3 is 0 Å². The van der Waals surface area contributed by atoms with Crippen LogP contribution in [-0.4, -0.2) is 64.2 Å². The summed E-state index contributed by atoms with van der Waals surface area (Å²) < 4.78 is 30.3. The molecule has 2 bridgehead atoms. The second-order valence-electron chi connectivity index (χ2n) is 11.7. The van der Waals surface area contributed by atoms with Crippen molar-refractivity contribution < 1.29 is 23.2 Å². The van der Waals surface area contributed by atoms with Gasteiger partial charge in [-0.25, -0.2) is 8.78 Å². The van der Waals surface area contributed by atoms with Gasteiger partial charge in [-0.1, -0.05) is 12.8 Å². The van der Waals surface area contributed by atoms with Crippen molar-refractivity contribution in [2.75, 3.05) is 11.9 Å². The lowest BCUT2D eigenvalue weighted by Gasteiger charge is -2.54. The van der Waals surface area contributed by atoms with Crippen LogP contribution in [0, 0.1) is 36.0 Å². The van der Waals surface area contributed by atoms with Gasteiger partial charge in [0.2, 0.25) is 17.7 Å². The van der Waals surface area contributed by atoms with Gasteiger partial charge in [0.15, 0.2) is 0 Å². The zero-order valence-corrected chi connectivity index (χ0v) is 22.2. The predicted octanol–water partition coefficient (Wildman–Crippen LogP) is 2.91. The fourth-order valence-electron chi connectivity index (χ4n) is 6.49. The Bertz CT molecular complexity index is 1150. The van der Waals surface area contributed by atoms with E-state index in [4.69, 9.17) is 0 Å². The number of hydrogen-bond acceptors (Lipinski definition) is 6. The molecule has 3 saturated heterocycles. The number of nitriles is 1. The zero-order valence-electron chi connectivity index (χ0n) is 22.2. The van der Waals surface area contributed by atoms with Crippen LogP contribution < -0.4 is 16.0 Å². The third-order valence-electron chi connectivity index (χ3n) is 8.63. The van der Waals surface area contributed by atoms with E-state index in [2.05, 4.69) is 20.9 Å². The minimum absolute atomic E-state index is 0.103. The molecule has 2 saturated carbocycles. The number of aromatic nitrogens is 1. The van der Waals surface area contributed by atoms with E-state index in [1.165, 1.54) is 4.90 Å². The van der Waals surface area contributed by atoms with E-state index in [0.29, 0.717) is 37.4 Å². The lowest BCUT2D eigenvalue weighted by molar-refractivity contribution is -0.194. The minimum atomic E-state index is -3.09. The molecule has 6 rings (SSSR count). The number of amides is 3. The standard InChI is InChI=1S/C28H36F2N6O3/c1-16-9-20(15-32-14-16)34-23(10-17-4-5-17)27(39)36-21-6-7-22(28(29,30)12-21)24(36)26(38)35-19(13-31)11-18-3-2-8-33-25(18)37/h9,14-15,17-19,21-24,34H,2-8,10-12H2,1H3,(H,33,37)(H,35,38)/t18-,19+,21-,22-,23-,24+/m1/s1. The number of alkyl halides is 2. The molecular formula is C28H36F2N6O3. The fraction of sp³-hybridized carbons (Fsp3) is 0.679. The molecule has 210 valence electrons. The first kappa shape index (κ1) is 27.3. The normalized spacial score (nSPS) is 29.1. The number of nitrogens with one attached hydrogen (secondary N) is 3. The lowest BCUT2D eigenvalue weighted by Crippen LogP contribution is -2.70. The smallest absolute Gasteiger partial charge is 0.255 e. The molecule has 5 fully saturated rings. The summed E-state index contributed by atoms with van der Waals surface area (Å²) in [5.41, 5.74) is 1.58. The molecule has 39 heavy (non-hydrogen) atoms. The van der Waals surface area contributed by atoms with E-state index in [9.17, 15) is 19.6 Å². The van der Waals surface area contributed by atoms with Crippen molar-refractivity contribution in [1.29, 1.82) is 5.26 Å². The van der Waals surface area contributed by atoms with Crippen molar-refractivity contribution in [3.63, 3.8) is 0 Å². The van der Waals surface area contributed by atoms with E-state index >= 15 is 8.78 Å². The van der Waals surface area contributed by atoms with Crippen LogP contribution >= 0.6 is 0 Å². The summed E-state index contributed by atoms with van der Waals surface area (Å²) in [7, 11) is 0. The summed E-state index contributed by atoms with van der Waals surface area (Å²) >= 11 is 0. The molecule has 3 N–H and O–H groups in total. The second kappa shape index (κ2) is 11.1. The number of hydrogen-bond donors (Lipinski definition) is 3. The average molecular weight is 543 g/mol. The molecule has 3 amide bonds. The van der Waals surface area contributed by atoms with E-state index in [1.807, 2.05) is 19.1 Å². The first-order valence-electron chi connectivity index (χ1n) is 14.0. The van der Waals surface area contributed by atoms with Gasteiger partial charge in [-0.3, -0.25) is 19.4 Å². The molecule has 1 aromatic rings. The number of rotatable bonds is 9. The molecular weight excluding hydrogens is 506 g/mol. The third kappa shape index (κ3) is 5.99. The van der Waals surface area contributed by atoms with Gasteiger partial charge in [0.05, 0.1) is 17.7 Å². The van der Waals surface area contributed by atoms with Crippen LogP contribution in [-0.2, 0) is 14.4 Å². The molecule has 0 aromatic carbocycles. The van der Waals surface area contributed by atoms with E-state index < -0.39 is 54.3 Å². The average Bonchev–Trinajstić information content (AvgIpc) is 3.72. The number of nitrogens with zero attached hydrogens (tertiary/aromatic N) is 3. The van der Waals surface area contributed by atoms with Gasteiger partial charge in [-0.2, -0.15) is 5.26 Å². The number of halogens is 2. The van der Waals surface area contributed by atoms with Gasteiger partial charge in [0.1, 0.15) is 18.1 Å². The molecule has 5 aliphatic rings. The molecule has 9 nitrogen and oxygen atoms in total. The van der Waals surface area contributed by atoms with Crippen molar-refractivity contribution >= 4 is 23.4 Å². The molecule has 0 radical (unpaired) electrons. The SMILES string of the molecule is Cc1cncc(N[C@H](CC2CC2)C(=O)N2[C@@H]3CC[C@H]([C@H]2C(=O)N[C@H](C#N)C[C@H]2CCCNC2=O)C(F)(F)C3)c1. The largest absolute Gasteiger partial charge is 0.372 e. The molecule has 3 aliphatic heterocycles. The number of anilines is 1. The summed E-state index contributed by atoms with van der Waals surface area (Å²) in [4.78, 5) is 45.5. The van der Waals surface area contributed by atoms with Crippen molar-refractivity contribution in [2.45, 2.75) is 94.8 Å². The van der Waals surface area contributed by atoms with Crippen LogP contribution in [0.5, 0.6) is 0 Å². The van der Waals surface area contributed by atoms with Crippen molar-refractivity contribution in [3.8, 4) is 6.07 Å². The summed E-state index contributed by atoms with van der Waals surface area (Å²) in [6, 6.07) is 0.0543. The van der Waals surface area contributed by atoms with Crippen LogP contribution in [0.15, 0.2) is 18.5 Å². The number of pyridine rings is 1. The Morgan fingerprint density at radius 2 is 2.03 bits per heavy atom. The number of carbonyl (C=O) groups is 3. The highest BCUT2D eigenvalue weighted by Crippen LogP contribution is 2.49. The Morgan fingerprint density at radius 1 is 1.23 bits per heavy atom. The Hall–Kier alpha value is -3.29. The monoisotopic (exact) mass is 542 g/mol. The van der Waals surface area contributed by atoms with Crippen LogP contribution in [0.3, 0.4) is 0 Å². The molecule has 11 heteroatoms. The highest BCUT2D eigenvalue weighted by molar-refractivity contribution is 5.92. The van der Waals surface area contributed by atoms with Crippen LogP contribution in [0.1, 0.15) is 63.4 Å². The summed E-state index contributed by atoms with van der Waals surface area (Å²) in [6.45, 7) is 2.47. The quantitative estimate of drug-likeness (QED) is 0.440. The number of carbonyl (C=O) groups excluding carboxylic acids is 3. The first-order chi connectivity index (χ1) is 18.7. The van der Waals surface area contributed by atoms with Crippen LogP contribution in [0.4, 0.5) is 14.5 Å². The maximum atomic E-state index is 15.1. The first-order valence-corrected chi connectivity index (χ1v) is 14.0. The highest BCUT2D eigenvalue weighted by Gasteiger charge is 2.61. The third-order valence-corrected chi connectivity index (χ3v) is 8.63. The highest BCUT2D eigenvalue weighted by atomic mass is 19.3. The molecule has 1 aromatic heterocycles. The molecule has 4 heterocycles. The fourth-order valence-corrected chi connectivity index (χ4v) is 6.49. The van der Waals surface area contributed by atoms with Crippen molar-refractivity contribution in [3.05, 3.63) is 24.0 Å². The van der Waals surface area contributed by atoms with Crippen molar-refractivity contribution in [1.82, 2.24) is 20.5 Å². The molecule has 0 unspecified atom stereocenters. The number of piperidine rings is 3. The Kier molecular flexibility index (Phi) is 7.74. The lowest BCUT2D eigenvalue weighted by atomic mass is 9.71. The zero-order chi connectivity index (χ0) is 27.7. The minimum Gasteiger partial charge on any atom is -0.372 e. The van der Waals surface area contributed by atoms with E-state index in [0.717, 1.165) is 24.8 Å². The summed E-state index contributed by atoms with van der Waals surface area (Å²) in [5, 5.41) is 18.4.